The summed E-state index contributed by atoms with van der Waals surface area (Å²) in [5.41, 5.74) is -0.744. The maximum atomic E-state index is 12.5. The van der Waals surface area contributed by atoms with E-state index in [1.54, 1.807) is 13.8 Å². The Morgan fingerprint density at radius 2 is 1.78 bits per heavy atom. The third kappa shape index (κ3) is 3.48. The van der Waals surface area contributed by atoms with Crippen molar-refractivity contribution in [1.29, 1.82) is 0 Å². The van der Waals surface area contributed by atoms with Crippen LogP contribution in [-0.4, -0.2) is 5.11 Å². The number of rotatable bonds is 3. The van der Waals surface area contributed by atoms with Gasteiger partial charge in [-0.1, -0.05) is 19.9 Å². The van der Waals surface area contributed by atoms with Crippen molar-refractivity contribution in [1.82, 2.24) is 0 Å². The van der Waals surface area contributed by atoms with Crippen LogP contribution >= 0.6 is 0 Å². The van der Waals surface area contributed by atoms with Crippen molar-refractivity contribution in [2.24, 2.45) is 5.92 Å². The first-order valence-electron chi connectivity index (χ1n) is 5.95. The van der Waals surface area contributed by atoms with Crippen LogP contribution < -0.4 is 0 Å². The average Bonchev–Trinajstić information content (AvgIpc) is 2.13. The molecule has 1 aromatic carbocycles. The molecule has 0 saturated heterocycles. The maximum Gasteiger partial charge on any atom is 0.416 e. The standard InChI is InChI=1S/C14H19F3O/c1-9(2)8-13(4,18)12-6-5-11(7-10(12)3)14(15,16)17/h5-7,9,18H,8H2,1-4H3. The van der Waals surface area contributed by atoms with Crippen molar-refractivity contribution in [3.05, 3.63) is 34.9 Å². The molecule has 1 nitrogen and oxygen atoms in total. The molecule has 0 radical (unpaired) electrons. The molecule has 1 aromatic rings. The highest BCUT2D eigenvalue weighted by molar-refractivity contribution is 5.36. The van der Waals surface area contributed by atoms with E-state index in [9.17, 15) is 18.3 Å². The molecule has 0 heterocycles. The number of aliphatic hydroxyl groups is 1. The molecule has 18 heavy (non-hydrogen) atoms. The van der Waals surface area contributed by atoms with Crippen LogP contribution in [0.25, 0.3) is 0 Å². The SMILES string of the molecule is Cc1cc(C(F)(F)F)ccc1C(C)(O)CC(C)C. The maximum absolute atomic E-state index is 12.5. The van der Waals surface area contributed by atoms with E-state index in [0.29, 0.717) is 17.5 Å². The van der Waals surface area contributed by atoms with Gasteiger partial charge in [0.1, 0.15) is 0 Å². The molecule has 1 atom stereocenters. The Balaban J connectivity index is 3.13. The molecule has 0 aromatic heterocycles. The minimum Gasteiger partial charge on any atom is -0.385 e. The highest BCUT2D eigenvalue weighted by Crippen LogP contribution is 2.35. The fourth-order valence-electron chi connectivity index (χ4n) is 2.35. The number of aryl methyl sites for hydroxylation is 1. The van der Waals surface area contributed by atoms with Gasteiger partial charge in [0.2, 0.25) is 0 Å². The van der Waals surface area contributed by atoms with Gasteiger partial charge < -0.3 is 5.11 Å². The zero-order valence-corrected chi connectivity index (χ0v) is 11.1. The molecule has 0 aliphatic carbocycles. The van der Waals surface area contributed by atoms with Crippen LogP contribution in [0.15, 0.2) is 18.2 Å². The van der Waals surface area contributed by atoms with E-state index in [1.165, 1.54) is 6.07 Å². The highest BCUT2D eigenvalue weighted by Gasteiger charge is 2.32. The minimum absolute atomic E-state index is 0.265. The Morgan fingerprint density at radius 3 is 2.17 bits per heavy atom. The molecule has 0 spiro atoms. The lowest BCUT2D eigenvalue weighted by Gasteiger charge is -2.28. The fourth-order valence-corrected chi connectivity index (χ4v) is 2.35. The molecule has 1 unspecified atom stereocenters. The fraction of sp³-hybridized carbons (Fsp3) is 0.571. The second-order valence-corrected chi connectivity index (χ2v) is 5.40. The normalized spacial score (nSPS) is 15.8. The summed E-state index contributed by atoms with van der Waals surface area (Å²) in [4.78, 5) is 0. The van der Waals surface area contributed by atoms with Crippen LogP contribution in [0.5, 0.6) is 0 Å². The Morgan fingerprint density at radius 1 is 1.22 bits per heavy atom. The topological polar surface area (TPSA) is 20.2 Å². The summed E-state index contributed by atoms with van der Waals surface area (Å²) in [6, 6.07) is 3.49. The van der Waals surface area contributed by atoms with Gasteiger partial charge in [-0.05, 0) is 49.4 Å². The van der Waals surface area contributed by atoms with Gasteiger partial charge in [0.25, 0.3) is 0 Å². The summed E-state index contributed by atoms with van der Waals surface area (Å²) in [7, 11) is 0. The number of benzene rings is 1. The summed E-state index contributed by atoms with van der Waals surface area (Å²) < 4.78 is 37.6. The highest BCUT2D eigenvalue weighted by atomic mass is 19.4. The number of hydrogen-bond donors (Lipinski definition) is 1. The van der Waals surface area contributed by atoms with Crippen LogP contribution in [0.2, 0.25) is 0 Å². The van der Waals surface area contributed by atoms with Gasteiger partial charge in [0.15, 0.2) is 0 Å². The quantitative estimate of drug-likeness (QED) is 0.860. The minimum atomic E-state index is -4.34. The summed E-state index contributed by atoms with van der Waals surface area (Å²) in [6.07, 6.45) is -3.83. The van der Waals surface area contributed by atoms with Gasteiger partial charge in [-0.3, -0.25) is 0 Å². The van der Waals surface area contributed by atoms with E-state index in [1.807, 2.05) is 13.8 Å². The lowest BCUT2D eigenvalue weighted by molar-refractivity contribution is -0.137. The first-order valence-corrected chi connectivity index (χ1v) is 5.95. The van der Waals surface area contributed by atoms with E-state index < -0.39 is 17.3 Å². The molecular weight excluding hydrogens is 241 g/mol. The van der Waals surface area contributed by atoms with Crippen molar-refractivity contribution < 1.29 is 18.3 Å². The molecule has 0 aliphatic rings. The van der Waals surface area contributed by atoms with E-state index in [2.05, 4.69) is 0 Å². The molecule has 0 bridgehead atoms. The van der Waals surface area contributed by atoms with Gasteiger partial charge in [0, 0.05) is 0 Å². The van der Waals surface area contributed by atoms with E-state index in [0.717, 1.165) is 12.1 Å². The molecule has 0 saturated carbocycles. The van der Waals surface area contributed by atoms with Crippen LogP contribution in [0.1, 0.15) is 43.9 Å². The Kier molecular flexibility index (Phi) is 4.11. The first kappa shape index (κ1) is 15.0. The monoisotopic (exact) mass is 260 g/mol. The third-order valence-corrected chi connectivity index (χ3v) is 2.94. The van der Waals surface area contributed by atoms with Crippen LogP contribution in [0.4, 0.5) is 13.2 Å². The molecular formula is C14H19F3O. The van der Waals surface area contributed by atoms with Crippen molar-refractivity contribution in [3.63, 3.8) is 0 Å². The second-order valence-electron chi connectivity index (χ2n) is 5.40. The first-order chi connectivity index (χ1) is 8.04. The van der Waals surface area contributed by atoms with Gasteiger partial charge >= 0.3 is 6.18 Å². The Labute approximate surface area is 106 Å². The Hall–Kier alpha value is -1.03. The smallest absolute Gasteiger partial charge is 0.385 e. The average molecular weight is 260 g/mol. The summed E-state index contributed by atoms with van der Waals surface area (Å²) in [5.74, 6) is 0.265. The number of halogens is 3. The van der Waals surface area contributed by atoms with Gasteiger partial charge in [-0.25, -0.2) is 0 Å². The molecule has 0 fully saturated rings. The van der Waals surface area contributed by atoms with E-state index in [4.69, 9.17) is 0 Å². The Bertz CT molecular complexity index is 420. The molecule has 102 valence electrons. The van der Waals surface area contributed by atoms with E-state index >= 15 is 0 Å². The van der Waals surface area contributed by atoms with Crippen molar-refractivity contribution in [3.8, 4) is 0 Å². The lowest BCUT2D eigenvalue weighted by atomic mass is 9.84. The third-order valence-electron chi connectivity index (χ3n) is 2.94. The van der Waals surface area contributed by atoms with Gasteiger partial charge in [-0.15, -0.1) is 0 Å². The molecule has 0 aliphatic heterocycles. The number of hydrogen-bond acceptors (Lipinski definition) is 1. The van der Waals surface area contributed by atoms with Crippen LogP contribution in [0, 0.1) is 12.8 Å². The summed E-state index contributed by atoms with van der Waals surface area (Å²) in [5, 5.41) is 10.3. The second kappa shape index (κ2) is 4.92. The predicted molar refractivity (Wildman–Crippen MR) is 65.2 cm³/mol. The van der Waals surface area contributed by atoms with Crippen molar-refractivity contribution in [2.45, 2.75) is 45.9 Å². The summed E-state index contributed by atoms with van der Waals surface area (Å²) >= 11 is 0. The van der Waals surface area contributed by atoms with Crippen LogP contribution in [-0.2, 0) is 11.8 Å². The molecule has 4 heteroatoms. The van der Waals surface area contributed by atoms with Gasteiger partial charge in [0.05, 0.1) is 11.2 Å². The molecule has 1 N–H and O–H groups in total. The van der Waals surface area contributed by atoms with Crippen molar-refractivity contribution in [2.75, 3.05) is 0 Å². The predicted octanol–water partition coefficient (Wildman–Crippen LogP) is 4.27. The zero-order chi connectivity index (χ0) is 14.1. The summed E-state index contributed by atoms with van der Waals surface area (Å²) in [6.45, 7) is 7.17. The van der Waals surface area contributed by atoms with E-state index in [-0.39, 0.29) is 5.92 Å². The number of alkyl halides is 3. The van der Waals surface area contributed by atoms with Crippen molar-refractivity contribution >= 4 is 0 Å². The van der Waals surface area contributed by atoms with Crippen LogP contribution in [0.3, 0.4) is 0 Å². The molecule has 0 amide bonds. The lowest BCUT2D eigenvalue weighted by Crippen LogP contribution is -2.25. The van der Waals surface area contributed by atoms with Gasteiger partial charge in [-0.2, -0.15) is 13.2 Å². The largest absolute Gasteiger partial charge is 0.416 e. The zero-order valence-electron chi connectivity index (χ0n) is 11.1. The molecule has 1 rings (SSSR count).